The first-order valence-corrected chi connectivity index (χ1v) is 6.62. The van der Waals surface area contributed by atoms with Crippen LogP contribution in [0.3, 0.4) is 0 Å². The first-order valence-electron chi connectivity index (χ1n) is 6.62. The molecule has 4 heteroatoms. The Morgan fingerprint density at radius 2 is 2.41 bits per heavy atom. The zero-order chi connectivity index (χ0) is 11.7. The van der Waals surface area contributed by atoms with E-state index >= 15 is 0 Å². The third-order valence-corrected chi connectivity index (χ3v) is 3.86. The van der Waals surface area contributed by atoms with Crippen molar-refractivity contribution in [1.82, 2.24) is 9.55 Å². The molecular weight excluding hydrogens is 216 g/mol. The first kappa shape index (κ1) is 11.2. The lowest BCUT2D eigenvalue weighted by Crippen LogP contribution is -2.22. The summed E-state index contributed by atoms with van der Waals surface area (Å²) in [5.74, 6) is 1.59. The molecular formula is C13H20N2O2. The Hall–Kier alpha value is -0.870. The van der Waals surface area contributed by atoms with Crippen molar-refractivity contribution in [1.29, 1.82) is 0 Å². The number of ether oxygens (including phenoxy) is 1. The van der Waals surface area contributed by atoms with Crippen LogP contribution in [0.4, 0.5) is 0 Å². The van der Waals surface area contributed by atoms with Crippen LogP contribution in [-0.4, -0.2) is 34.0 Å². The quantitative estimate of drug-likeness (QED) is 0.856. The average Bonchev–Trinajstić information content (AvgIpc) is 2.96. The molecule has 2 aliphatic heterocycles. The number of rotatable bonds is 3. The molecule has 2 unspecified atom stereocenters. The van der Waals surface area contributed by atoms with Crippen molar-refractivity contribution in [2.45, 2.75) is 44.8 Å². The molecule has 1 aromatic rings. The van der Waals surface area contributed by atoms with Gasteiger partial charge in [-0.15, -0.1) is 0 Å². The summed E-state index contributed by atoms with van der Waals surface area (Å²) in [6, 6.07) is 0. The Kier molecular flexibility index (Phi) is 3.16. The lowest BCUT2D eigenvalue weighted by Gasteiger charge is -2.21. The number of aliphatic hydroxyl groups excluding tert-OH is 1. The number of hydrogen-bond donors (Lipinski definition) is 1. The van der Waals surface area contributed by atoms with Gasteiger partial charge >= 0.3 is 0 Å². The fraction of sp³-hybridized carbons (Fsp3) is 0.769. The monoisotopic (exact) mass is 236 g/mol. The van der Waals surface area contributed by atoms with Gasteiger partial charge in [0.2, 0.25) is 0 Å². The van der Waals surface area contributed by atoms with Crippen LogP contribution in [0.5, 0.6) is 0 Å². The molecule has 0 saturated carbocycles. The van der Waals surface area contributed by atoms with Gasteiger partial charge in [-0.1, -0.05) is 0 Å². The standard InChI is InChI=1S/C13H20N2O2/c16-9-10-3-4-13-14-11(8-15(13)7-10)6-12-2-1-5-17-12/h8,10,12,16H,1-7,9H2. The molecule has 2 aliphatic rings. The molecule has 0 bridgehead atoms. The van der Waals surface area contributed by atoms with Crippen LogP contribution in [0, 0.1) is 5.92 Å². The highest BCUT2D eigenvalue weighted by atomic mass is 16.5. The van der Waals surface area contributed by atoms with Gasteiger partial charge in [0.15, 0.2) is 0 Å². The van der Waals surface area contributed by atoms with Gasteiger partial charge < -0.3 is 14.4 Å². The summed E-state index contributed by atoms with van der Waals surface area (Å²) in [5.41, 5.74) is 1.16. The highest BCUT2D eigenvalue weighted by Gasteiger charge is 2.22. The van der Waals surface area contributed by atoms with Crippen LogP contribution in [0.15, 0.2) is 6.20 Å². The van der Waals surface area contributed by atoms with Gasteiger partial charge in [-0.3, -0.25) is 0 Å². The highest BCUT2D eigenvalue weighted by Crippen LogP contribution is 2.22. The van der Waals surface area contributed by atoms with E-state index in [2.05, 4.69) is 15.7 Å². The van der Waals surface area contributed by atoms with Gasteiger partial charge in [0.05, 0.1) is 11.8 Å². The first-order chi connectivity index (χ1) is 8.35. The van der Waals surface area contributed by atoms with Crippen LogP contribution in [-0.2, 0) is 24.1 Å². The van der Waals surface area contributed by atoms with Crippen LogP contribution in [0.2, 0.25) is 0 Å². The molecule has 3 rings (SSSR count). The maximum atomic E-state index is 9.20. The molecule has 0 amide bonds. The maximum Gasteiger partial charge on any atom is 0.108 e. The Labute approximate surface area is 102 Å². The molecule has 1 aromatic heterocycles. The predicted molar refractivity (Wildman–Crippen MR) is 63.8 cm³/mol. The lowest BCUT2D eigenvalue weighted by molar-refractivity contribution is 0.110. The number of nitrogens with zero attached hydrogens (tertiary/aromatic N) is 2. The Balaban J connectivity index is 1.69. The SMILES string of the molecule is OCC1CCc2nc(CC3CCCO3)cn2C1. The van der Waals surface area contributed by atoms with Crippen molar-refractivity contribution in [3.63, 3.8) is 0 Å². The van der Waals surface area contributed by atoms with Crippen LogP contribution < -0.4 is 0 Å². The van der Waals surface area contributed by atoms with Gasteiger partial charge in [-0.2, -0.15) is 0 Å². The molecule has 0 radical (unpaired) electrons. The van der Waals surface area contributed by atoms with Gasteiger partial charge in [-0.05, 0) is 19.3 Å². The minimum atomic E-state index is 0.290. The number of hydrogen-bond acceptors (Lipinski definition) is 3. The van der Waals surface area contributed by atoms with Gasteiger partial charge in [-0.25, -0.2) is 4.98 Å². The summed E-state index contributed by atoms with van der Waals surface area (Å²) in [7, 11) is 0. The van der Waals surface area contributed by atoms with Crippen molar-refractivity contribution in [2.24, 2.45) is 5.92 Å². The molecule has 1 N–H and O–H groups in total. The summed E-state index contributed by atoms with van der Waals surface area (Å²) in [5, 5.41) is 9.20. The Bertz CT molecular complexity index is 383. The third-order valence-electron chi connectivity index (χ3n) is 3.86. The number of aliphatic hydroxyl groups is 1. The topological polar surface area (TPSA) is 47.3 Å². The minimum absolute atomic E-state index is 0.290. The molecule has 0 aromatic carbocycles. The second-order valence-corrected chi connectivity index (χ2v) is 5.23. The molecule has 0 aliphatic carbocycles. The second kappa shape index (κ2) is 4.78. The van der Waals surface area contributed by atoms with E-state index in [1.807, 2.05) is 0 Å². The van der Waals surface area contributed by atoms with Crippen molar-refractivity contribution in [2.75, 3.05) is 13.2 Å². The summed E-state index contributed by atoms with van der Waals surface area (Å²) in [4.78, 5) is 4.68. The molecule has 1 saturated heterocycles. The molecule has 3 heterocycles. The van der Waals surface area contributed by atoms with E-state index in [-0.39, 0.29) is 0 Å². The fourth-order valence-corrected chi connectivity index (χ4v) is 2.86. The van der Waals surface area contributed by atoms with Crippen molar-refractivity contribution >= 4 is 0 Å². The summed E-state index contributed by atoms with van der Waals surface area (Å²) < 4.78 is 7.86. The maximum absolute atomic E-state index is 9.20. The number of aromatic nitrogens is 2. The molecule has 4 nitrogen and oxygen atoms in total. The van der Waals surface area contributed by atoms with E-state index in [1.165, 1.54) is 18.7 Å². The van der Waals surface area contributed by atoms with Crippen molar-refractivity contribution in [3.05, 3.63) is 17.7 Å². The molecule has 94 valence electrons. The zero-order valence-corrected chi connectivity index (χ0v) is 10.1. The van der Waals surface area contributed by atoms with E-state index in [9.17, 15) is 5.11 Å². The largest absolute Gasteiger partial charge is 0.396 e. The van der Waals surface area contributed by atoms with Crippen molar-refractivity contribution < 1.29 is 9.84 Å². The zero-order valence-electron chi connectivity index (χ0n) is 10.1. The van der Waals surface area contributed by atoms with E-state index in [4.69, 9.17) is 4.74 Å². The van der Waals surface area contributed by atoms with E-state index < -0.39 is 0 Å². The smallest absolute Gasteiger partial charge is 0.108 e. The Morgan fingerprint density at radius 3 is 3.18 bits per heavy atom. The number of aryl methyl sites for hydroxylation is 1. The number of fused-ring (bicyclic) bond motifs is 1. The van der Waals surface area contributed by atoms with Crippen LogP contribution in [0.1, 0.15) is 30.8 Å². The van der Waals surface area contributed by atoms with E-state index in [1.54, 1.807) is 0 Å². The summed E-state index contributed by atoms with van der Waals surface area (Å²) in [6.07, 6.45) is 7.89. The normalized spacial score (nSPS) is 28.3. The van der Waals surface area contributed by atoms with Crippen molar-refractivity contribution in [3.8, 4) is 0 Å². The molecule has 1 fully saturated rings. The molecule has 17 heavy (non-hydrogen) atoms. The average molecular weight is 236 g/mol. The second-order valence-electron chi connectivity index (χ2n) is 5.23. The molecule has 0 spiro atoms. The van der Waals surface area contributed by atoms with E-state index in [0.717, 1.165) is 38.1 Å². The third kappa shape index (κ3) is 2.38. The molecule has 2 atom stereocenters. The van der Waals surface area contributed by atoms with E-state index in [0.29, 0.717) is 18.6 Å². The minimum Gasteiger partial charge on any atom is -0.396 e. The highest BCUT2D eigenvalue weighted by molar-refractivity contribution is 5.08. The van der Waals surface area contributed by atoms with Gasteiger partial charge in [0.1, 0.15) is 5.82 Å². The van der Waals surface area contributed by atoms with Gasteiger partial charge in [0, 0.05) is 44.7 Å². The Morgan fingerprint density at radius 1 is 1.47 bits per heavy atom. The number of imidazole rings is 1. The lowest BCUT2D eigenvalue weighted by atomic mass is 10.0. The van der Waals surface area contributed by atoms with Crippen LogP contribution >= 0.6 is 0 Å². The van der Waals surface area contributed by atoms with Crippen LogP contribution in [0.25, 0.3) is 0 Å². The predicted octanol–water partition coefficient (Wildman–Crippen LogP) is 1.16. The van der Waals surface area contributed by atoms with Gasteiger partial charge in [0.25, 0.3) is 0 Å². The summed E-state index contributed by atoms with van der Waals surface area (Å²) >= 11 is 0. The fourth-order valence-electron chi connectivity index (χ4n) is 2.86. The summed E-state index contributed by atoms with van der Waals surface area (Å²) in [6.45, 7) is 2.12.